The summed E-state index contributed by atoms with van der Waals surface area (Å²) in [5, 5.41) is 15.4. The normalized spacial score (nSPS) is 21.9. The topological polar surface area (TPSA) is 51.6 Å². The van der Waals surface area contributed by atoms with Gasteiger partial charge in [0.05, 0.1) is 0 Å². The van der Waals surface area contributed by atoms with E-state index in [9.17, 15) is 5.21 Å². The Kier molecular flexibility index (Phi) is 1.75. The van der Waals surface area contributed by atoms with Crippen LogP contribution in [0.3, 0.4) is 0 Å². The van der Waals surface area contributed by atoms with E-state index in [0.717, 1.165) is 0 Å². The largest absolute Gasteiger partial charge is 0.679 e. The van der Waals surface area contributed by atoms with Crippen molar-refractivity contribution >= 4 is 22.6 Å². The van der Waals surface area contributed by atoms with Crippen LogP contribution in [0.1, 0.15) is 0 Å². The van der Waals surface area contributed by atoms with E-state index in [-0.39, 0.29) is 4.89 Å². The lowest BCUT2D eigenvalue weighted by Gasteiger charge is -2.22. The van der Waals surface area contributed by atoms with Crippen molar-refractivity contribution in [3.8, 4) is 0 Å². The van der Waals surface area contributed by atoms with E-state index in [1.165, 1.54) is 15.1 Å². The van der Waals surface area contributed by atoms with Gasteiger partial charge in [0.2, 0.25) is 0 Å². The second kappa shape index (κ2) is 2.37. The molecule has 0 aliphatic carbocycles. The molecular formula is H3B3N3O. The van der Waals surface area contributed by atoms with Crippen molar-refractivity contribution in [1.29, 1.82) is 0 Å². The molecule has 7 heavy (non-hydrogen) atoms. The second-order valence-electron chi connectivity index (χ2n) is 1.17. The Morgan fingerprint density at radius 1 is 1.29 bits per heavy atom. The second-order valence-corrected chi connectivity index (χ2v) is 1.17. The summed E-state index contributed by atoms with van der Waals surface area (Å²) in [6.45, 7) is 0. The molecule has 1 saturated heterocycles. The van der Waals surface area contributed by atoms with Gasteiger partial charge in [-0.3, -0.25) is 0 Å². The number of hydrogen-bond acceptors (Lipinski definition) is 3. The first-order valence-corrected chi connectivity index (χ1v) is 1.94. The van der Waals surface area contributed by atoms with E-state index in [0.29, 0.717) is 0 Å². The molecule has 3 radical (unpaired) electrons. The van der Waals surface area contributed by atoms with Gasteiger partial charge in [-0.2, -0.15) is 0 Å². The summed E-state index contributed by atoms with van der Waals surface area (Å²) in [6.07, 6.45) is 0. The monoisotopic (exact) mass is 94.1 g/mol. The fraction of sp³-hybridized carbons (Fsp3) is 0. The zero-order valence-corrected chi connectivity index (χ0v) is 3.64. The Morgan fingerprint density at radius 2 is 1.86 bits per heavy atom. The zero-order valence-electron chi connectivity index (χ0n) is 3.64. The van der Waals surface area contributed by atoms with Crippen LogP contribution in [-0.2, 0) is 0 Å². The highest BCUT2D eigenvalue weighted by Crippen LogP contribution is 1.40. The lowest BCUT2D eigenvalue weighted by Crippen LogP contribution is -3.17. The standard InChI is InChI=1S/B3H3N3O/c7-6-2-4-1-5-3-6/h4-6H. The van der Waals surface area contributed by atoms with Gasteiger partial charge in [0.25, 0.3) is 7.55 Å². The average Bonchev–Trinajstić information content (AvgIpc) is 1.69. The van der Waals surface area contributed by atoms with Crippen molar-refractivity contribution in [2.45, 2.75) is 0 Å². The van der Waals surface area contributed by atoms with E-state index in [1.54, 1.807) is 7.55 Å². The maximum atomic E-state index is 10.2. The number of quaternary nitrogens is 1. The quantitative estimate of drug-likeness (QED) is 0.212. The fourth-order valence-corrected chi connectivity index (χ4v) is 0.337. The van der Waals surface area contributed by atoms with Crippen LogP contribution in [0, 0.1) is 5.21 Å². The molecule has 1 aliphatic rings. The highest BCUT2D eigenvalue weighted by molar-refractivity contribution is 6.58. The maximum Gasteiger partial charge on any atom is 0.521 e. The number of rotatable bonds is 0. The van der Waals surface area contributed by atoms with E-state index in [4.69, 9.17) is 0 Å². The van der Waals surface area contributed by atoms with Gasteiger partial charge in [-0.25, -0.2) is 0 Å². The Bertz CT molecular complexity index is 52.1. The molecule has 0 amide bonds. The summed E-state index contributed by atoms with van der Waals surface area (Å²) in [4.78, 5) is -0.0394. The molecule has 0 saturated carbocycles. The SMILES string of the molecule is [O-][NH+]1[B]N[B]N[B]1. The maximum absolute atomic E-state index is 10.2. The molecule has 1 heterocycles. The van der Waals surface area contributed by atoms with Crippen LogP contribution in [0.4, 0.5) is 0 Å². The first-order valence-electron chi connectivity index (χ1n) is 1.94. The molecule has 0 aromatic carbocycles. The van der Waals surface area contributed by atoms with E-state index >= 15 is 0 Å². The van der Waals surface area contributed by atoms with Gasteiger partial charge in [-0.15, -0.1) is 0 Å². The molecule has 1 aliphatic heterocycles. The summed E-state index contributed by atoms with van der Waals surface area (Å²) in [7, 11) is 4.31. The molecule has 0 unspecified atom stereocenters. The molecule has 4 nitrogen and oxygen atoms in total. The van der Waals surface area contributed by atoms with Gasteiger partial charge in [-0.05, 0) is 0 Å². The minimum Gasteiger partial charge on any atom is -0.679 e. The van der Waals surface area contributed by atoms with Gasteiger partial charge in [-0.1, -0.05) is 0 Å². The first-order chi connectivity index (χ1) is 3.39. The zero-order chi connectivity index (χ0) is 5.11. The molecule has 33 valence electrons. The van der Waals surface area contributed by atoms with Gasteiger partial charge in [0, 0.05) is 0 Å². The average molecular weight is 93.5 g/mol. The molecule has 7 heteroatoms. The van der Waals surface area contributed by atoms with Crippen molar-refractivity contribution in [3.63, 3.8) is 0 Å². The minimum atomic E-state index is -0.0394. The van der Waals surface area contributed by atoms with E-state index < -0.39 is 0 Å². The summed E-state index contributed by atoms with van der Waals surface area (Å²) in [5.41, 5.74) is 0. The van der Waals surface area contributed by atoms with Crippen LogP contribution in [0.25, 0.3) is 0 Å². The van der Waals surface area contributed by atoms with Crippen LogP contribution < -0.4 is 15.2 Å². The van der Waals surface area contributed by atoms with E-state index in [1.807, 2.05) is 0 Å². The first kappa shape index (κ1) is 5.18. The highest BCUT2D eigenvalue weighted by Gasteiger charge is 2.13. The molecule has 1 rings (SSSR count). The molecule has 0 aromatic heterocycles. The summed E-state index contributed by atoms with van der Waals surface area (Å²) < 4.78 is 0. The predicted octanol–water partition coefficient (Wildman–Crippen LogP) is -3.84. The molecule has 0 atom stereocenters. The number of nitrogens with one attached hydrogen (secondary N) is 3. The van der Waals surface area contributed by atoms with Crippen LogP contribution in [0.5, 0.6) is 0 Å². The van der Waals surface area contributed by atoms with Gasteiger partial charge in [0.1, 0.15) is 0 Å². The molecular weight excluding hydrogens is 90.5 g/mol. The van der Waals surface area contributed by atoms with E-state index in [2.05, 4.69) is 10.3 Å². The van der Waals surface area contributed by atoms with Crippen molar-refractivity contribution in [3.05, 3.63) is 5.21 Å². The van der Waals surface area contributed by atoms with Crippen molar-refractivity contribution in [2.24, 2.45) is 0 Å². The smallest absolute Gasteiger partial charge is 0.521 e. The van der Waals surface area contributed by atoms with Crippen molar-refractivity contribution < 1.29 is 4.89 Å². The lowest BCUT2D eigenvalue weighted by molar-refractivity contribution is -0.589. The lowest BCUT2D eigenvalue weighted by atomic mass is 9.84. The minimum absolute atomic E-state index is 0.0394. The molecule has 0 spiro atoms. The Balaban J connectivity index is 2.12. The molecule has 3 N–H and O–H groups in total. The third-order valence-corrected chi connectivity index (χ3v) is 0.618. The van der Waals surface area contributed by atoms with Crippen LogP contribution >= 0.6 is 0 Å². The molecule has 0 aromatic rings. The molecule has 0 bridgehead atoms. The predicted molar refractivity (Wildman–Crippen MR) is 27.9 cm³/mol. The summed E-state index contributed by atoms with van der Waals surface area (Å²) in [5.74, 6) is 0. The van der Waals surface area contributed by atoms with Crippen LogP contribution in [-0.4, -0.2) is 22.6 Å². The third-order valence-electron chi connectivity index (χ3n) is 0.618. The molecule has 1 fully saturated rings. The van der Waals surface area contributed by atoms with Gasteiger partial charge >= 0.3 is 15.1 Å². The van der Waals surface area contributed by atoms with Crippen molar-refractivity contribution in [2.75, 3.05) is 0 Å². The fourth-order valence-electron chi connectivity index (χ4n) is 0.337. The van der Waals surface area contributed by atoms with Gasteiger partial charge in [0.15, 0.2) is 0 Å². The highest BCUT2D eigenvalue weighted by atomic mass is 16.5. The Morgan fingerprint density at radius 3 is 2.14 bits per heavy atom. The third kappa shape index (κ3) is 1.52. The summed E-state index contributed by atoms with van der Waals surface area (Å²) >= 11 is 0. The number of hydrogen-bond donors (Lipinski definition) is 3. The van der Waals surface area contributed by atoms with Gasteiger partial charge < -0.3 is 20.4 Å². The van der Waals surface area contributed by atoms with Crippen molar-refractivity contribution in [1.82, 2.24) is 10.3 Å². The summed E-state index contributed by atoms with van der Waals surface area (Å²) in [6, 6.07) is 0. The Hall–Kier alpha value is 0.0348. The van der Waals surface area contributed by atoms with Crippen LogP contribution in [0.2, 0.25) is 0 Å². The van der Waals surface area contributed by atoms with Crippen LogP contribution in [0.15, 0.2) is 0 Å². The Labute approximate surface area is 44.1 Å².